The summed E-state index contributed by atoms with van der Waals surface area (Å²) in [5.41, 5.74) is 1.75. The smallest absolute Gasteiger partial charge is 0.256 e. The summed E-state index contributed by atoms with van der Waals surface area (Å²) in [4.78, 5) is 17.3. The van der Waals surface area contributed by atoms with E-state index in [1.54, 1.807) is 17.2 Å². The highest BCUT2D eigenvalue weighted by Crippen LogP contribution is 2.21. The van der Waals surface area contributed by atoms with E-state index in [0.29, 0.717) is 25.2 Å². The van der Waals surface area contributed by atoms with Gasteiger partial charge in [-0.05, 0) is 39.8 Å². The zero-order chi connectivity index (χ0) is 18.9. The zero-order valence-electron chi connectivity index (χ0n) is 15.9. The third kappa shape index (κ3) is 4.11. The molecular weight excluding hydrogens is 330 g/mol. The van der Waals surface area contributed by atoms with E-state index < -0.39 is 5.60 Å². The lowest BCUT2D eigenvalue weighted by atomic mass is 10.0. The third-order valence-electron chi connectivity index (χ3n) is 4.72. The molecule has 1 atom stereocenters. The number of hydrogen-bond donors (Lipinski definition) is 1. The second-order valence-electron chi connectivity index (χ2n) is 7.77. The number of carbonyl (C=O) groups is 1. The number of nitrogens with zero attached hydrogens (tertiary/aromatic N) is 5. The average molecular weight is 357 g/mol. The maximum absolute atomic E-state index is 13.2. The topological polar surface area (TPSA) is 74.5 Å². The minimum atomic E-state index is -0.738. The molecule has 1 aliphatic rings. The van der Waals surface area contributed by atoms with E-state index in [0.717, 1.165) is 17.8 Å². The summed E-state index contributed by atoms with van der Waals surface area (Å²) in [5, 5.41) is 17.8. The number of benzene rings is 1. The van der Waals surface area contributed by atoms with Gasteiger partial charge in [-0.2, -0.15) is 0 Å². The van der Waals surface area contributed by atoms with Gasteiger partial charge in [-0.15, -0.1) is 10.2 Å². The average Bonchev–Trinajstić information content (AvgIpc) is 3.09. The number of aromatic nitrogens is 3. The molecular formula is C19H27N5O2. The van der Waals surface area contributed by atoms with Crippen LogP contribution in [0.5, 0.6) is 0 Å². The van der Waals surface area contributed by atoms with Gasteiger partial charge >= 0.3 is 0 Å². The number of rotatable bonds is 4. The van der Waals surface area contributed by atoms with Gasteiger partial charge in [0.05, 0.1) is 16.9 Å². The van der Waals surface area contributed by atoms with Crippen molar-refractivity contribution >= 4 is 5.91 Å². The largest absolute Gasteiger partial charge is 0.389 e. The third-order valence-corrected chi connectivity index (χ3v) is 4.72. The van der Waals surface area contributed by atoms with Gasteiger partial charge in [0.25, 0.3) is 5.91 Å². The van der Waals surface area contributed by atoms with Crippen LogP contribution in [0.15, 0.2) is 30.9 Å². The number of piperazine rings is 1. The monoisotopic (exact) mass is 357 g/mol. The Balaban J connectivity index is 1.80. The lowest BCUT2D eigenvalue weighted by Gasteiger charge is -2.42. The molecule has 26 heavy (non-hydrogen) atoms. The van der Waals surface area contributed by atoms with Crippen molar-refractivity contribution in [3.05, 3.63) is 42.0 Å². The molecule has 1 N–H and O–H groups in total. The summed E-state index contributed by atoms with van der Waals surface area (Å²) in [6.45, 7) is 10.4. The van der Waals surface area contributed by atoms with Crippen LogP contribution in [0.25, 0.3) is 5.69 Å². The maximum atomic E-state index is 13.2. The first kappa shape index (κ1) is 18.5. The van der Waals surface area contributed by atoms with Crippen LogP contribution in [0, 0.1) is 6.92 Å². The van der Waals surface area contributed by atoms with Crippen LogP contribution < -0.4 is 0 Å². The molecule has 7 nitrogen and oxygen atoms in total. The number of aliphatic hydroxyl groups is 1. The van der Waals surface area contributed by atoms with E-state index >= 15 is 0 Å². The second-order valence-corrected chi connectivity index (χ2v) is 7.77. The lowest BCUT2D eigenvalue weighted by Crippen LogP contribution is -2.56. The Morgan fingerprint density at radius 2 is 1.96 bits per heavy atom. The van der Waals surface area contributed by atoms with Crippen molar-refractivity contribution in [1.29, 1.82) is 0 Å². The molecule has 0 saturated carbocycles. The van der Waals surface area contributed by atoms with Gasteiger partial charge in [-0.25, -0.2) is 0 Å². The molecule has 1 saturated heterocycles. The summed E-state index contributed by atoms with van der Waals surface area (Å²) in [7, 11) is 0. The fraction of sp³-hybridized carbons (Fsp3) is 0.526. The van der Waals surface area contributed by atoms with E-state index in [1.807, 2.05) is 43.9 Å². The van der Waals surface area contributed by atoms with E-state index in [9.17, 15) is 9.90 Å². The predicted octanol–water partition coefficient (Wildman–Crippen LogP) is 1.49. The highest BCUT2D eigenvalue weighted by atomic mass is 16.3. The Labute approximate surface area is 154 Å². The van der Waals surface area contributed by atoms with Crippen molar-refractivity contribution in [3.8, 4) is 5.69 Å². The van der Waals surface area contributed by atoms with Crippen molar-refractivity contribution in [2.24, 2.45) is 0 Å². The van der Waals surface area contributed by atoms with Crippen molar-refractivity contribution in [1.82, 2.24) is 24.6 Å². The summed E-state index contributed by atoms with van der Waals surface area (Å²) in [5.74, 6) is 0.0205. The molecule has 0 bridgehead atoms. The molecule has 1 unspecified atom stereocenters. The molecule has 0 radical (unpaired) electrons. The molecule has 1 aromatic carbocycles. The van der Waals surface area contributed by atoms with Crippen LogP contribution in [-0.4, -0.2) is 73.4 Å². The molecule has 2 heterocycles. The quantitative estimate of drug-likeness (QED) is 0.897. The van der Waals surface area contributed by atoms with Crippen LogP contribution in [-0.2, 0) is 0 Å². The van der Waals surface area contributed by atoms with Crippen molar-refractivity contribution < 1.29 is 9.90 Å². The van der Waals surface area contributed by atoms with E-state index in [2.05, 4.69) is 22.0 Å². The Bertz CT molecular complexity index is 767. The summed E-state index contributed by atoms with van der Waals surface area (Å²) >= 11 is 0. The van der Waals surface area contributed by atoms with Gasteiger partial charge in [-0.3, -0.25) is 14.3 Å². The summed E-state index contributed by atoms with van der Waals surface area (Å²) in [6.07, 6.45) is 3.21. The number of β-amino-alcohol motifs (C(OH)–C–C–N with tert-alkyl or cyclic N) is 1. The molecule has 140 valence electrons. The number of carbonyl (C=O) groups excluding carboxylic acids is 1. The highest BCUT2D eigenvalue weighted by molar-refractivity contribution is 5.98. The second kappa shape index (κ2) is 7.17. The van der Waals surface area contributed by atoms with Crippen molar-refractivity contribution in [3.63, 3.8) is 0 Å². The minimum Gasteiger partial charge on any atom is -0.389 e. The number of hydrogen-bond acceptors (Lipinski definition) is 5. The van der Waals surface area contributed by atoms with Crippen LogP contribution in [0.4, 0.5) is 0 Å². The van der Waals surface area contributed by atoms with Crippen molar-refractivity contribution in [2.45, 2.75) is 39.3 Å². The van der Waals surface area contributed by atoms with Gasteiger partial charge < -0.3 is 10.0 Å². The standard InChI is InChI=1S/C19H27N5O2/c1-14-5-6-17(24-12-20-21-13-24)16(9-14)18(25)22-7-8-23(15(2)10-22)11-19(3,4)26/h5-6,9,12-13,15,26H,7-8,10-11H2,1-4H3. The zero-order valence-corrected chi connectivity index (χ0v) is 15.9. The Kier molecular flexibility index (Phi) is 5.11. The molecule has 2 aromatic rings. The molecule has 1 aromatic heterocycles. The van der Waals surface area contributed by atoms with Gasteiger partial charge in [0.15, 0.2) is 0 Å². The van der Waals surface area contributed by atoms with E-state index in [-0.39, 0.29) is 11.9 Å². The van der Waals surface area contributed by atoms with Crippen LogP contribution >= 0.6 is 0 Å². The van der Waals surface area contributed by atoms with Crippen LogP contribution in [0.3, 0.4) is 0 Å². The molecule has 1 fully saturated rings. The first-order valence-corrected chi connectivity index (χ1v) is 8.96. The molecule has 1 aliphatic heterocycles. The minimum absolute atomic E-state index is 0.0205. The fourth-order valence-corrected chi connectivity index (χ4v) is 3.45. The Morgan fingerprint density at radius 3 is 2.58 bits per heavy atom. The number of amides is 1. The van der Waals surface area contributed by atoms with E-state index in [1.165, 1.54) is 0 Å². The van der Waals surface area contributed by atoms with Crippen LogP contribution in [0.1, 0.15) is 36.7 Å². The first-order valence-electron chi connectivity index (χ1n) is 8.96. The van der Waals surface area contributed by atoms with Gasteiger partial charge in [0, 0.05) is 32.2 Å². The Hall–Kier alpha value is -2.25. The normalized spacial score (nSPS) is 19.0. The molecule has 7 heteroatoms. The SMILES string of the molecule is Cc1ccc(-n2cnnc2)c(C(=O)N2CCN(CC(C)(C)O)C(C)C2)c1. The summed E-state index contributed by atoms with van der Waals surface area (Å²) in [6, 6.07) is 6.03. The molecule has 1 amide bonds. The molecule has 0 aliphatic carbocycles. The maximum Gasteiger partial charge on any atom is 0.256 e. The van der Waals surface area contributed by atoms with Gasteiger partial charge in [-0.1, -0.05) is 11.6 Å². The lowest BCUT2D eigenvalue weighted by molar-refractivity contribution is -0.00143. The van der Waals surface area contributed by atoms with Crippen molar-refractivity contribution in [2.75, 3.05) is 26.2 Å². The fourth-order valence-electron chi connectivity index (χ4n) is 3.45. The van der Waals surface area contributed by atoms with Gasteiger partial charge in [0.2, 0.25) is 0 Å². The number of aryl methyl sites for hydroxylation is 1. The Morgan fingerprint density at radius 1 is 1.27 bits per heavy atom. The van der Waals surface area contributed by atoms with Crippen LogP contribution in [0.2, 0.25) is 0 Å². The predicted molar refractivity (Wildman–Crippen MR) is 99.3 cm³/mol. The molecule has 0 spiro atoms. The highest BCUT2D eigenvalue weighted by Gasteiger charge is 2.31. The summed E-state index contributed by atoms with van der Waals surface area (Å²) < 4.78 is 1.76. The first-order chi connectivity index (χ1) is 12.2. The molecule has 3 rings (SSSR count). The van der Waals surface area contributed by atoms with E-state index in [4.69, 9.17) is 0 Å². The van der Waals surface area contributed by atoms with Gasteiger partial charge in [0.1, 0.15) is 12.7 Å².